The third-order valence-electron chi connectivity index (χ3n) is 3.30. The summed E-state index contributed by atoms with van der Waals surface area (Å²) in [7, 11) is 0. The number of nitrogens with zero attached hydrogens (tertiary/aromatic N) is 1. The van der Waals surface area contributed by atoms with Gasteiger partial charge in [0.2, 0.25) is 11.8 Å². The van der Waals surface area contributed by atoms with Gasteiger partial charge in [-0.15, -0.1) is 0 Å². The molecule has 5 heteroatoms. The number of benzene rings is 2. The van der Waals surface area contributed by atoms with Crippen molar-refractivity contribution in [2.24, 2.45) is 0 Å². The van der Waals surface area contributed by atoms with Crippen molar-refractivity contribution < 1.29 is 13.6 Å². The largest absolute Gasteiger partial charge is 0.439 e. The van der Waals surface area contributed by atoms with Crippen molar-refractivity contribution in [1.82, 2.24) is 10.3 Å². The van der Waals surface area contributed by atoms with Gasteiger partial charge >= 0.3 is 0 Å². The van der Waals surface area contributed by atoms with E-state index >= 15 is 0 Å². The van der Waals surface area contributed by atoms with E-state index in [1.807, 2.05) is 24.3 Å². The SMILES string of the molecule is O=C(CCc1cccc(F)c1)NCc1nc2ccccc2o1. The Bertz CT molecular complexity index is 765. The molecule has 0 radical (unpaired) electrons. The summed E-state index contributed by atoms with van der Waals surface area (Å²) in [6.07, 6.45) is 0.792. The van der Waals surface area contributed by atoms with Crippen molar-refractivity contribution in [2.75, 3.05) is 0 Å². The lowest BCUT2D eigenvalue weighted by Crippen LogP contribution is -2.23. The van der Waals surface area contributed by atoms with Gasteiger partial charge in [-0.25, -0.2) is 9.37 Å². The summed E-state index contributed by atoms with van der Waals surface area (Å²) in [6.45, 7) is 0.247. The lowest BCUT2D eigenvalue weighted by molar-refractivity contribution is -0.121. The van der Waals surface area contributed by atoms with Crippen LogP contribution in [0.5, 0.6) is 0 Å². The first-order valence-electron chi connectivity index (χ1n) is 7.06. The molecule has 1 heterocycles. The monoisotopic (exact) mass is 298 g/mol. The number of hydrogen-bond acceptors (Lipinski definition) is 3. The van der Waals surface area contributed by atoms with Crippen LogP contribution in [-0.2, 0) is 17.8 Å². The fourth-order valence-electron chi connectivity index (χ4n) is 2.21. The Labute approximate surface area is 127 Å². The Hall–Kier alpha value is -2.69. The first kappa shape index (κ1) is 14.3. The minimum absolute atomic E-state index is 0.119. The number of carbonyl (C=O) groups excluding carboxylic acids is 1. The third kappa shape index (κ3) is 3.49. The fraction of sp³-hybridized carbons (Fsp3) is 0.176. The summed E-state index contributed by atoms with van der Waals surface area (Å²) in [6, 6.07) is 13.7. The number of rotatable bonds is 5. The molecule has 22 heavy (non-hydrogen) atoms. The molecule has 1 amide bonds. The summed E-state index contributed by atoms with van der Waals surface area (Å²) in [5, 5.41) is 2.76. The molecule has 0 bridgehead atoms. The zero-order chi connectivity index (χ0) is 15.4. The minimum Gasteiger partial charge on any atom is -0.439 e. The Morgan fingerprint density at radius 2 is 2.05 bits per heavy atom. The Morgan fingerprint density at radius 1 is 1.18 bits per heavy atom. The van der Waals surface area contributed by atoms with Gasteiger partial charge in [0.05, 0.1) is 6.54 Å². The highest BCUT2D eigenvalue weighted by molar-refractivity contribution is 5.76. The number of hydrogen-bond donors (Lipinski definition) is 1. The van der Waals surface area contributed by atoms with E-state index in [0.29, 0.717) is 24.3 Å². The number of aryl methyl sites for hydroxylation is 1. The molecule has 112 valence electrons. The van der Waals surface area contributed by atoms with E-state index < -0.39 is 0 Å². The van der Waals surface area contributed by atoms with Crippen LogP contribution >= 0.6 is 0 Å². The van der Waals surface area contributed by atoms with Crippen molar-refractivity contribution in [3.63, 3.8) is 0 Å². The summed E-state index contributed by atoms with van der Waals surface area (Å²) < 4.78 is 18.6. The molecule has 3 rings (SSSR count). The molecule has 0 saturated heterocycles. The number of para-hydroxylation sites is 2. The van der Waals surface area contributed by atoms with Crippen LogP contribution in [0.2, 0.25) is 0 Å². The van der Waals surface area contributed by atoms with Crippen LogP contribution in [0, 0.1) is 5.82 Å². The van der Waals surface area contributed by atoms with E-state index in [9.17, 15) is 9.18 Å². The zero-order valence-corrected chi connectivity index (χ0v) is 11.9. The summed E-state index contributed by atoms with van der Waals surface area (Å²) in [5.74, 6) is 0.0659. The van der Waals surface area contributed by atoms with Crippen LogP contribution in [0.15, 0.2) is 52.9 Å². The molecule has 0 unspecified atom stereocenters. The van der Waals surface area contributed by atoms with Gasteiger partial charge in [0.1, 0.15) is 11.3 Å². The quantitative estimate of drug-likeness (QED) is 0.787. The third-order valence-corrected chi connectivity index (χ3v) is 3.30. The van der Waals surface area contributed by atoms with Gasteiger partial charge in [0.25, 0.3) is 0 Å². The smallest absolute Gasteiger partial charge is 0.220 e. The highest BCUT2D eigenvalue weighted by Crippen LogP contribution is 2.14. The lowest BCUT2D eigenvalue weighted by atomic mass is 10.1. The molecule has 3 aromatic rings. The van der Waals surface area contributed by atoms with Crippen LogP contribution in [0.4, 0.5) is 4.39 Å². The molecule has 0 aliphatic carbocycles. The molecule has 0 aliphatic rings. The fourth-order valence-corrected chi connectivity index (χ4v) is 2.21. The molecular weight excluding hydrogens is 283 g/mol. The molecule has 4 nitrogen and oxygen atoms in total. The second-order valence-electron chi connectivity index (χ2n) is 4.98. The van der Waals surface area contributed by atoms with E-state index in [1.54, 1.807) is 12.1 Å². The van der Waals surface area contributed by atoms with Crippen LogP contribution in [-0.4, -0.2) is 10.9 Å². The van der Waals surface area contributed by atoms with Crippen LogP contribution in [0.3, 0.4) is 0 Å². The second kappa shape index (κ2) is 6.39. The van der Waals surface area contributed by atoms with Gasteiger partial charge in [-0.2, -0.15) is 0 Å². The average molecular weight is 298 g/mol. The number of amides is 1. The van der Waals surface area contributed by atoms with E-state index in [2.05, 4.69) is 10.3 Å². The highest BCUT2D eigenvalue weighted by Gasteiger charge is 2.07. The molecule has 1 N–H and O–H groups in total. The van der Waals surface area contributed by atoms with Crippen molar-refractivity contribution in [1.29, 1.82) is 0 Å². The first-order valence-corrected chi connectivity index (χ1v) is 7.06. The molecular formula is C17H15FN2O2. The number of fused-ring (bicyclic) bond motifs is 1. The zero-order valence-electron chi connectivity index (χ0n) is 11.9. The standard InChI is InChI=1S/C17H15FN2O2/c18-13-5-3-4-12(10-13)8-9-16(21)19-11-17-20-14-6-1-2-7-15(14)22-17/h1-7,10H,8-9,11H2,(H,19,21). The van der Waals surface area contributed by atoms with Crippen molar-refractivity contribution in [3.8, 4) is 0 Å². The maximum Gasteiger partial charge on any atom is 0.220 e. The van der Waals surface area contributed by atoms with Gasteiger partial charge < -0.3 is 9.73 Å². The summed E-state index contributed by atoms with van der Waals surface area (Å²) in [4.78, 5) is 16.1. The normalized spacial score (nSPS) is 10.8. The van der Waals surface area contributed by atoms with E-state index in [4.69, 9.17) is 4.42 Å². The Kier molecular flexibility index (Phi) is 4.14. The molecule has 0 atom stereocenters. The Balaban J connectivity index is 1.51. The van der Waals surface area contributed by atoms with Crippen molar-refractivity contribution in [3.05, 3.63) is 65.8 Å². The van der Waals surface area contributed by atoms with Crippen LogP contribution in [0.1, 0.15) is 17.9 Å². The van der Waals surface area contributed by atoms with Gasteiger partial charge in [0, 0.05) is 6.42 Å². The van der Waals surface area contributed by atoms with Gasteiger partial charge in [0.15, 0.2) is 5.58 Å². The van der Waals surface area contributed by atoms with E-state index in [0.717, 1.165) is 11.1 Å². The molecule has 2 aromatic carbocycles. The molecule has 1 aromatic heterocycles. The van der Waals surface area contributed by atoms with E-state index in [1.165, 1.54) is 12.1 Å². The maximum atomic E-state index is 13.0. The Morgan fingerprint density at radius 3 is 2.86 bits per heavy atom. The van der Waals surface area contributed by atoms with Crippen molar-refractivity contribution >= 4 is 17.0 Å². The number of nitrogens with one attached hydrogen (secondary N) is 1. The van der Waals surface area contributed by atoms with Crippen LogP contribution < -0.4 is 5.32 Å². The number of carbonyl (C=O) groups is 1. The predicted molar refractivity (Wildman–Crippen MR) is 80.6 cm³/mol. The number of aromatic nitrogens is 1. The van der Waals surface area contributed by atoms with Gasteiger partial charge in [-0.3, -0.25) is 4.79 Å². The topological polar surface area (TPSA) is 55.1 Å². The maximum absolute atomic E-state index is 13.0. The first-order chi connectivity index (χ1) is 10.7. The average Bonchev–Trinajstić information content (AvgIpc) is 2.94. The van der Waals surface area contributed by atoms with Gasteiger partial charge in [-0.1, -0.05) is 24.3 Å². The number of halogens is 1. The summed E-state index contributed by atoms with van der Waals surface area (Å²) >= 11 is 0. The number of oxazole rings is 1. The highest BCUT2D eigenvalue weighted by atomic mass is 19.1. The minimum atomic E-state index is -0.288. The van der Waals surface area contributed by atoms with Crippen molar-refractivity contribution in [2.45, 2.75) is 19.4 Å². The predicted octanol–water partition coefficient (Wildman–Crippen LogP) is 3.22. The lowest BCUT2D eigenvalue weighted by Gasteiger charge is -2.03. The van der Waals surface area contributed by atoms with Gasteiger partial charge in [-0.05, 0) is 36.2 Å². The van der Waals surface area contributed by atoms with E-state index in [-0.39, 0.29) is 18.3 Å². The molecule has 0 fully saturated rings. The second-order valence-corrected chi connectivity index (χ2v) is 4.98. The summed E-state index contributed by atoms with van der Waals surface area (Å²) in [5.41, 5.74) is 2.27. The molecule has 0 spiro atoms. The molecule has 0 aliphatic heterocycles. The van der Waals surface area contributed by atoms with Crippen LogP contribution in [0.25, 0.3) is 11.1 Å². The molecule has 0 saturated carbocycles.